The second-order valence-electron chi connectivity index (χ2n) is 2.87. The second-order valence-corrected chi connectivity index (χ2v) is 2.87. The molecular formula is C8H9N7O2. The molecule has 1 heterocycles. The fraction of sp³-hybridized carbons (Fsp3) is 0.250. The molecule has 0 unspecified atom stereocenters. The lowest BCUT2D eigenvalue weighted by Crippen LogP contribution is -1.89. The van der Waals surface area contributed by atoms with Crippen LogP contribution in [0.15, 0.2) is 39.1 Å². The van der Waals surface area contributed by atoms with Crippen molar-refractivity contribution in [2.45, 2.75) is 0 Å². The summed E-state index contributed by atoms with van der Waals surface area (Å²) < 4.78 is 0. The maximum Gasteiger partial charge on any atom is 0.119 e. The zero-order valence-electron chi connectivity index (χ0n) is 9.18. The summed E-state index contributed by atoms with van der Waals surface area (Å²) in [5.41, 5.74) is 1.89. The monoisotopic (exact) mass is 235 g/mol. The van der Waals surface area contributed by atoms with Crippen molar-refractivity contribution in [3.05, 3.63) is 18.2 Å². The van der Waals surface area contributed by atoms with Gasteiger partial charge in [0.1, 0.15) is 25.3 Å². The van der Waals surface area contributed by atoms with Gasteiger partial charge in [-0.25, -0.2) is 0 Å². The number of aromatic nitrogens is 3. The molecule has 9 heteroatoms. The summed E-state index contributed by atoms with van der Waals surface area (Å²) in [4.78, 5) is 10.2. The van der Waals surface area contributed by atoms with Crippen molar-refractivity contribution in [2.24, 2.45) is 20.9 Å². The molecular weight excluding hydrogens is 226 g/mol. The van der Waals surface area contributed by atoms with Crippen LogP contribution in [0, 0.1) is 0 Å². The van der Waals surface area contributed by atoms with Crippen molar-refractivity contribution < 1.29 is 9.68 Å². The van der Waals surface area contributed by atoms with Gasteiger partial charge >= 0.3 is 0 Å². The standard InChI is InChI=1S/C8H9N7O2/c1-16-13-9-6-3-4-7-8(5-6)15(11-10-7)12-14-17-2/h3-5H,1-2H3. The van der Waals surface area contributed by atoms with E-state index in [4.69, 9.17) is 0 Å². The molecule has 0 spiro atoms. The fourth-order valence-electron chi connectivity index (χ4n) is 1.18. The molecule has 2 aromatic rings. The summed E-state index contributed by atoms with van der Waals surface area (Å²) in [5.74, 6) is 0. The third-order valence-electron chi connectivity index (χ3n) is 1.85. The minimum absolute atomic E-state index is 0.593. The molecule has 0 radical (unpaired) electrons. The van der Waals surface area contributed by atoms with E-state index < -0.39 is 0 Å². The van der Waals surface area contributed by atoms with E-state index in [0.29, 0.717) is 16.7 Å². The lowest BCUT2D eigenvalue weighted by atomic mass is 10.3. The largest absolute Gasteiger partial charge is 0.383 e. The van der Waals surface area contributed by atoms with Crippen LogP contribution in [0.4, 0.5) is 5.69 Å². The van der Waals surface area contributed by atoms with Crippen molar-refractivity contribution in [3.63, 3.8) is 0 Å². The van der Waals surface area contributed by atoms with Gasteiger partial charge in [-0.3, -0.25) is 0 Å². The van der Waals surface area contributed by atoms with Crippen LogP contribution >= 0.6 is 0 Å². The molecule has 9 nitrogen and oxygen atoms in total. The van der Waals surface area contributed by atoms with Gasteiger partial charge in [-0.1, -0.05) is 0 Å². The van der Waals surface area contributed by atoms with E-state index in [9.17, 15) is 0 Å². The molecule has 0 aliphatic rings. The lowest BCUT2D eigenvalue weighted by molar-refractivity contribution is 0.179. The minimum Gasteiger partial charge on any atom is -0.383 e. The van der Waals surface area contributed by atoms with Gasteiger partial charge < -0.3 is 9.68 Å². The van der Waals surface area contributed by atoms with E-state index in [0.717, 1.165) is 0 Å². The van der Waals surface area contributed by atoms with Crippen LogP contribution < -0.4 is 0 Å². The third kappa shape index (κ3) is 2.33. The smallest absolute Gasteiger partial charge is 0.119 e. The van der Waals surface area contributed by atoms with Crippen molar-refractivity contribution in [1.29, 1.82) is 0 Å². The topological polar surface area (TPSA) is 98.6 Å². The predicted octanol–water partition coefficient (Wildman–Crippen LogP) is 1.85. The van der Waals surface area contributed by atoms with Crippen LogP contribution in [0.5, 0.6) is 0 Å². The molecule has 1 aromatic carbocycles. The summed E-state index contributed by atoms with van der Waals surface area (Å²) in [5, 5.41) is 21.9. The molecule has 88 valence electrons. The average Bonchev–Trinajstić information content (AvgIpc) is 2.76. The maximum absolute atomic E-state index is 4.49. The van der Waals surface area contributed by atoms with Crippen molar-refractivity contribution in [1.82, 2.24) is 15.1 Å². The molecule has 0 aliphatic carbocycles. The number of benzene rings is 1. The lowest BCUT2D eigenvalue weighted by Gasteiger charge is -1.93. The Hall–Kier alpha value is -2.58. The molecule has 17 heavy (non-hydrogen) atoms. The van der Waals surface area contributed by atoms with Gasteiger partial charge in [0, 0.05) is 10.6 Å². The van der Waals surface area contributed by atoms with E-state index in [1.807, 2.05) is 0 Å². The van der Waals surface area contributed by atoms with Gasteiger partial charge in [0.25, 0.3) is 0 Å². The Kier molecular flexibility index (Phi) is 3.19. The Morgan fingerprint density at radius 3 is 2.76 bits per heavy atom. The highest BCUT2D eigenvalue weighted by molar-refractivity contribution is 5.77. The van der Waals surface area contributed by atoms with E-state index >= 15 is 0 Å². The molecule has 0 amide bonds. The highest BCUT2D eigenvalue weighted by atomic mass is 16.6. The predicted molar refractivity (Wildman–Crippen MR) is 56.3 cm³/mol. The quantitative estimate of drug-likeness (QED) is 0.596. The summed E-state index contributed by atoms with van der Waals surface area (Å²) in [7, 11) is 2.81. The molecule has 0 aliphatic heterocycles. The first kappa shape index (κ1) is 10.9. The van der Waals surface area contributed by atoms with Crippen molar-refractivity contribution >= 4 is 16.7 Å². The maximum atomic E-state index is 4.49. The summed E-state index contributed by atoms with van der Waals surface area (Å²) >= 11 is 0. The first-order chi connectivity index (χ1) is 8.35. The molecule has 0 saturated carbocycles. The van der Waals surface area contributed by atoms with Gasteiger partial charge in [-0.15, -0.1) is 15.0 Å². The number of nitrogens with zero attached hydrogens (tertiary/aromatic N) is 7. The van der Waals surface area contributed by atoms with Crippen molar-refractivity contribution in [2.75, 3.05) is 14.2 Å². The van der Waals surface area contributed by atoms with Crippen LogP contribution in [0.2, 0.25) is 0 Å². The zero-order chi connectivity index (χ0) is 12.1. The third-order valence-corrected chi connectivity index (χ3v) is 1.85. The van der Waals surface area contributed by atoms with Crippen LogP contribution in [-0.2, 0) is 9.68 Å². The molecule has 0 bridgehead atoms. The van der Waals surface area contributed by atoms with E-state index in [1.165, 1.54) is 19.0 Å². The fourth-order valence-corrected chi connectivity index (χ4v) is 1.18. The molecule has 2 rings (SSSR count). The summed E-state index contributed by atoms with van der Waals surface area (Å²) in [6.07, 6.45) is 0. The number of rotatable bonds is 4. The molecule has 0 saturated heterocycles. The Morgan fingerprint density at radius 2 is 2.00 bits per heavy atom. The van der Waals surface area contributed by atoms with E-state index in [2.05, 4.69) is 40.9 Å². The van der Waals surface area contributed by atoms with Gasteiger partial charge in [-0.2, -0.15) is 0 Å². The molecule has 0 N–H and O–H groups in total. The summed E-state index contributed by atoms with van der Waals surface area (Å²) in [6, 6.07) is 5.18. The number of hydrogen-bond acceptors (Lipinski definition) is 8. The van der Waals surface area contributed by atoms with E-state index in [-0.39, 0.29) is 0 Å². The average molecular weight is 235 g/mol. The zero-order valence-corrected chi connectivity index (χ0v) is 9.18. The first-order valence-corrected chi connectivity index (χ1v) is 4.59. The highest BCUT2D eigenvalue weighted by Gasteiger charge is 2.04. The molecule has 0 atom stereocenters. The van der Waals surface area contributed by atoms with Gasteiger partial charge in [0.2, 0.25) is 0 Å². The molecule has 1 aromatic heterocycles. The number of fused-ring (bicyclic) bond motifs is 1. The Morgan fingerprint density at radius 1 is 1.18 bits per heavy atom. The van der Waals surface area contributed by atoms with Crippen LogP contribution in [-0.4, -0.2) is 29.3 Å². The van der Waals surface area contributed by atoms with Gasteiger partial charge in [0.15, 0.2) is 0 Å². The second kappa shape index (κ2) is 4.96. The van der Waals surface area contributed by atoms with Crippen molar-refractivity contribution in [3.8, 4) is 0 Å². The highest BCUT2D eigenvalue weighted by Crippen LogP contribution is 2.19. The SMILES string of the molecule is CON=Nc1ccc2nnn(N=NOC)c2c1. The molecule has 0 fully saturated rings. The van der Waals surface area contributed by atoms with E-state index in [1.54, 1.807) is 18.2 Å². The minimum atomic E-state index is 0.593. The summed E-state index contributed by atoms with van der Waals surface area (Å²) in [6.45, 7) is 0. The van der Waals surface area contributed by atoms with Gasteiger partial charge in [0.05, 0.1) is 5.69 Å². The number of hydrogen-bond donors (Lipinski definition) is 0. The van der Waals surface area contributed by atoms with Gasteiger partial charge in [-0.05, 0) is 28.6 Å². The Balaban J connectivity index is 2.42. The van der Waals surface area contributed by atoms with Crippen LogP contribution in [0.1, 0.15) is 0 Å². The Bertz CT molecular complexity index is 562. The first-order valence-electron chi connectivity index (χ1n) is 4.59. The normalized spacial score (nSPS) is 11.6. The Labute approximate surface area is 95.6 Å². The van der Waals surface area contributed by atoms with Crippen LogP contribution in [0.25, 0.3) is 11.0 Å². The van der Waals surface area contributed by atoms with Crippen LogP contribution in [0.3, 0.4) is 0 Å².